The number of rotatable bonds is 7. The van der Waals surface area contributed by atoms with E-state index in [0.29, 0.717) is 41.2 Å². The lowest BCUT2D eigenvalue weighted by molar-refractivity contribution is 0.0735. The predicted molar refractivity (Wildman–Crippen MR) is 139 cm³/mol. The number of piperazine rings is 1. The lowest BCUT2D eigenvalue weighted by atomic mass is 10.2. The Morgan fingerprint density at radius 2 is 1.72 bits per heavy atom. The maximum Gasteiger partial charge on any atom is 0.343 e. The second kappa shape index (κ2) is 10.6. The lowest BCUT2D eigenvalue weighted by Crippen LogP contribution is -2.46. The van der Waals surface area contributed by atoms with Crippen LogP contribution in [0.3, 0.4) is 0 Å². The number of anilines is 1. The van der Waals surface area contributed by atoms with Crippen molar-refractivity contribution in [3.05, 3.63) is 94.5 Å². The van der Waals surface area contributed by atoms with Crippen molar-refractivity contribution >= 4 is 22.6 Å². The van der Waals surface area contributed by atoms with E-state index in [1.807, 2.05) is 43.3 Å². The number of hydrogen-bond acceptors (Lipinski definition) is 7. The third kappa shape index (κ3) is 5.39. The molecular weight excluding hydrogens is 456 g/mol. The van der Waals surface area contributed by atoms with E-state index in [4.69, 9.17) is 9.47 Å². The molecule has 1 fully saturated rings. The summed E-state index contributed by atoms with van der Waals surface area (Å²) in [6.07, 6.45) is 0. The van der Waals surface area contributed by atoms with Crippen LogP contribution >= 0.6 is 0 Å². The first-order valence-corrected chi connectivity index (χ1v) is 12.1. The minimum absolute atomic E-state index is 0.106. The predicted octanol–water partition coefficient (Wildman–Crippen LogP) is 3.86. The van der Waals surface area contributed by atoms with Gasteiger partial charge in [0.05, 0.1) is 29.6 Å². The Balaban J connectivity index is 1.19. The average molecular weight is 485 g/mol. The van der Waals surface area contributed by atoms with Crippen LogP contribution in [0.4, 0.5) is 5.69 Å². The molecule has 1 N–H and O–H groups in total. The van der Waals surface area contributed by atoms with Gasteiger partial charge in [-0.1, -0.05) is 18.2 Å². The number of carbonyl (C=O) groups is 1. The molecule has 2 heterocycles. The molecule has 0 bridgehead atoms. The number of ether oxygens (including phenoxy) is 2. The molecule has 0 radical (unpaired) electrons. The van der Waals surface area contributed by atoms with Gasteiger partial charge in [0.2, 0.25) is 0 Å². The van der Waals surface area contributed by atoms with Gasteiger partial charge in [-0.2, -0.15) is 0 Å². The molecule has 184 valence electrons. The zero-order valence-electron chi connectivity index (χ0n) is 20.1. The fourth-order valence-electron chi connectivity index (χ4n) is 4.35. The molecule has 0 aliphatic carbocycles. The molecule has 1 saturated heterocycles. The highest BCUT2D eigenvalue weighted by Gasteiger charge is 2.19. The number of H-pyrrole nitrogens is 1. The molecule has 1 aliphatic heterocycles. The van der Waals surface area contributed by atoms with Crippen molar-refractivity contribution in [3.8, 4) is 11.5 Å². The Kier molecular flexibility index (Phi) is 6.95. The molecule has 1 aliphatic rings. The normalized spacial score (nSPS) is 14.1. The van der Waals surface area contributed by atoms with Gasteiger partial charge in [-0.3, -0.25) is 9.69 Å². The van der Waals surface area contributed by atoms with Gasteiger partial charge in [0, 0.05) is 37.9 Å². The van der Waals surface area contributed by atoms with E-state index in [0.717, 1.165) is 37.6 Å². The number of carbonyl (C=O) groups excluding carboxylic acids is 1. The van der Waals surface area contributed by atoms with Crippen LogP contribution in [-0.2, 0) is 6.54 Å². The number of fused-ring (bicyclic) bond motifs is 1. The van der Waals surface area contributed by atoms with Crippen LogP contribution in [0, 0.1) is 0 Å². The molecule has 3 aromatic carbocycles. The first-order chi connectivity index (χ1) is 17.6. The molecule has 8 nitrogen and oxygen atoms in total. The van der Waals surface area contributed by atoms with Crippen molar-refractivity contribution in [1.29, 1.82) is 0 Å². The highest BCUT2D eigenvalue weighted by Crippen LogP contribution is 2.24. The SMILES string of the molecule is CCOc1ccc(C(=O)Oc2cccc(N3CCN(Cc4nc5ccccc5c(=O)[nH]4)CC3)c2)cc1. The third-order valence-electron chi connectivity index (χ3n) is 6.20. The van der Waals surface area contributed by atoms with Gasteiger partial charge in [0.15, 0.2) is 0 Å². The Morgan fingerprint density at radius 1 is 0.944 bits per heavy atom. The molecule has 0 amide bonds. The van der Waals surface area contributed by atoms with Gasteiger partial charge in [0.1, 0.15) is 17.3 Å². The van der Waals surface area contributed by atoms with Crippen molar-refractivity contribution in [1.82, 2.24) is 14.9 Å². The first-order valence-electron chi connectivity index (χ1n) is 12.1. The fourth-order valence-corrected chi connectivity index (χ4v) is 4.35. The van der Waals surface area contributed by atoms with Gasteiger partial charge >= 0.3 is 5.97 Å². The molecular formula is C28H28N4O4. The average Bonchev–Trinajstić information content (AvgIpc) is 2.90. The number of esters is 1. The Morgan fingerprint density at radius 3 is 2.50 bits per heavy atom. The summed E-state index contributed by atoms with van der Waals surface area (Å²) in [6.45, 7) is 6.36. The summed E-state index contributed by atoms with van der Waals surface area (Å²) in [5.41, 5.74) is 2.08. The number of aromatic amines is 1. The zero-order chi connectivity index (χ0) is 24.9. The van der Waals surface area contributed by atoms with Crippen LogP contribution in [0.5, 0.6) is 11.5 Å². The molecule has 0 spiro atoms. The molecule has 5 rings (SSSR count). The van der Waals surface area contributed by atoms with Gasteiger partial charge in [-0.15, -0.1) is 0 Å². The number of hydrogen-bond donors (Lipinski definition) is 1. The van der Waals surface area contributed by atoms with Gasteiger partial charge < -0.3 is 19.4 Å². The van der Waals surface area contributed by atoms with E-state index in [-0.39, 0.29) is 5.56 Å². The number of nitrogens with one attached hydrogen (secondary N) is 1. The standard InChI is InChI=1S/C28H28N4O4/c1-2-35-22-12-10-20(11-13-22)28(34)36-23-7-5-6-21(18-23)32-16-14-31(15-17-32)19-26-29-25-9-4-3-8-24(25)27(33)30-26/h3-13,18H,2,14-17,19H2,1H3,(H,29,30,33). The van der Waals surface area contributed by atoms with Crippen molar-refractivity contribution in [3.63, 3.8) is 0 Å². The van der Waals surface area contributed by atoms with Crippen LogP contribution in [0.15, 0.2) is 77.6 Å². The molecule has 1 aromatic heterocycles. The van der Waals surface area contributed by atoms with E-state index >= 15 is 0 Å². The van der Waals surface area contributed by atoms with E-state index < -0.39 is 5.97 Å². The van der Waals surface area contributed by atoms with Crippen LogP contribution in [0.2, 0.25) is 0 Å². The molecule has 0 saturated carbocycles. The van der Waals surface area contributed by atoms with E-state index in [2.05, 4.69) is 19.8 Å². The van der Waals surface area contributed by atoms with E-state index in [1.54, 1.807) is 36.4 Å². The molecule has 4 aromatic rings. The third-order valence-corrected chi connectivity index (χ3v) is 6.20. The summed E-state index contributed by atoms with van der Waals surface area (Å²) < 4.78 is 11.0. The zero-order valence-corrected chi connectivity index (χ0v) is 20.1. The van der Waals surface area contributed by atoms with Gasteiger partial charge in [0.25, 0.3) is 5.56 Å². The van der Waals surface area contributed by atoms with Crippen LogP contribution in [-0.4, -0.2) is 53.6 Å². The van der Waals surface area contributed by atoms with Gasteiger partial charge in [-0.25, -0.2) is 9.78 Å². The van der Waals surface area contributed by atoms with Crippen molar-refractivity contribution in [2.45, 2.75) is 13.5 Å². The van der Waals surface area contributed by atoms with Gasteiger partial charge in [-0.05, 0) is 55.5 Å². The Hall–Kier alpha value is -4.17. The molecule has 0 atom stereocenters. The maximum atomic E-state index is 12.6. The summed E-state index contributed by atoms with van der Waals surface area (Å²) >= 11 is 0. The molecule has 8 heteroatoms. The molecule has 0 unspecified atom stereocenters. The van der Waals surface area contributed by atoms with Crippen LogP contribution < -0.4 is 19.9 Å². The molecule has 36 heavy (non-hydrogen) atoms. The Bertz CT molecular complexity index is 1410. The monoisotopic (exact) mass is 484 g/mol. The second-order valence-corrected chi connectivity index (χ2v) is 8.64. The van der Waals surface area contributed by atoms with Crippen molar-refractivity contribution in [2.24, 2.45) is 0 Å². The minimum Gasteiger partial charge on any atom is -0.494 e. The summed E-state index contributed by atoms with van der Waals surface area (Å²) in [5.74, 6) is 1.50. The van der Waals surface area contributed by atoms with Crippen molar-refractivity contribution < 1.29 is 14.3 Å². The quantitative estimate of drug-likeness (QED) is 0.315. The lowest BCUT2D eigenvalue weighted by Gasteiger charge is -2.35. The number of benzene rings is 3. The highest BCUT2D eigenvalue weighted by atomic mass is 16.5. The largest absolute Gasteiger partial charge is 0.494 e. The summed E-state index contributed by atoms with van der Waals surface area (Å²) in [4.78, 5) is 37.0. The van der Waals surface area contributed by atoms with Crippen molar-refractivity contribution in [2.75, 3.05) is 37.7 Å². The minimum atomic E-state index is -0.406. The summed E-state index contributed by atoms with van der Waals surface area (Å²) in [7, 11) is 0. The number of nitrogens with zero attached hydrogens (tertiary/aromatic N) is 3. The maximum absolute atomic E-state index is 12.6. The summed E-state index contributed by atoms with van der Waals surface area (Å²) in [6, 6.07) is 21.9. The van der Waals surface area contributed by atoms with Crippen LogP contribution in [0.25, 0.3) is 10.9 Å². The van der Waals surface area contributed by atoms with E-state index in [9.17, 15) is 9.59 Å². The number of para-hydroxylation sites is 1. The summed E-state index contributed by atoms with van der Waals surface area (Å²) in [5, 5.41) is 0.606. The number of aromatic nitrogens is 2. The second-order valence-electron chi connectivity index (χ2n) is 8.64. The highest BCUT2D eigenvalue weighted by molar-refractivity contribution is 5.91. The van der Waals surface area contributed by atoms with Crippen LogP contribution in [0.1, 0.15) is 23.1 Å². The smallest absolute Gasteiger partial charge is 0.343 e. The first kappa shape index (κ1) is 23.6. The topological polar surface area (TPSA) is 87.8 Å². The fraction of sp³-hybridized carbons (Fsp3) is 0.250. The van der Waals surface area contributed by atoms with E-state index in [1.165, 1.54) is 0 Å². The Labute approximate surface area is 209 Å².